The standard InChI is InChI=1S/C25H26FN3O/c1-25-15-17-16-27-29(21-12-10-19(26)11-13-21)23(17)14-18(25)6-5-9-22(25)24(30)28-20-7-3-2-4-8-20/h2-4,7-8,10-13,16,18,22H,5-6,9,14-15H2,1H3,(H,28,30)/t18?,22?,25-/m0/s1. The predicted octanol–water partition coefficient (Wildman–Crippen LogP) is 5.17. The number of benzene rings is 2. The molecule has 2 aromatic carbocycles. The van der Waals surface area contributed by atoms with E-state index in [-0.39, 0.29) is 23.1 Å². The highest BCUT2D eigenvalue weighted by molar-refractivity contribution is 5.93. The molecule has 30 heavy (non-hydrogen) atoms. The molecule has 0 saturated heterocycles. The first kappa shape index (κ1) is 19.0. The minimum atomic E-state index is -0.244. The molecular formula is C25H26FN3O. The summed E-state index contributed by atoms with van der Waals surface area (Å²) in [6.07, 6.45) is 6.79. The van der Waals surface area contributed by atoms with Crippen LogP contribution in [0.4, 0.5) is 10.1 Å². The summed E-state index contributed by atoms with van der Waals surface area (Å²) in [7, 11) is 0. The van der Waals surface area contributed by atoms with Gasteiger partial charge in [0.15, 0.2) is 0 Å². The van der Waals surface area contributed by atoms with E-state index in [0.29, 0.717) is 5.92 Å². The maximum atomic E-state index is 13.3. The number of nitrogens with one attached hydrogen (secondary N) is 1. The summed E-state index contributed by atoms with van der Waals surface area (Å²) in [4.78, 5) is 13.2. The third-order valence-electron chi connectivity index (χ3n) is 7.17. The van der Waals surface area contributed by atoms with Gasteiger partial charge in [0.25, 0.3) is 0 Å². The summed E-state index contributed by atoms with van der Waals surface area (Å²) in [5.74, 6) is 0.301. The summed E-state index contributed by atoms with van der Waals surface area (Å²) >= 11 is 0. The maximum Gasteiger partial charge on any atom is 0.228 e. The number of carbonyl (C=O) groups excluding carboxylic acids is 1. The summed E-state index contributed by atoms with van der Waals surface area (Å²) in [5.41, 5.74) is 4.07. The molecule has 154 valence electrons. The van der Waals surface area contributed by atoms with Crippen LogP contribution >= 0.6 is 0 Å². The predicted molar refractivity (Wildman–Crippen MR) is 115 cm³/mol. The van der Waals surface area contributed by atoms with Crippen LogP contribution in [0.2, 0.25) is 0 Å². The Kier molecular flexibility index (Phi) is 4.69. The molecule has 1 heterocycles. The number of halogens is 1. The summed E-state index contributed by atoms with van der Waals surface area (Å²) in [5, 5.41) is 7.75. The lowest BCUT2D eigenvalue weighted by molar-refractivity contribution is -0.128. The molecule has 1 aromatic heterocycles. The second-order valence-electron chi connectivity index (χ2n) is 8.93. The normalized spacial score (nSPS) is 25.3. The highest BCUT2D eigenvalue weighted by atomic mass is 19.1. The molecule has 3 atom stereocenters. The molecule has 5 heteroatoms. The van der Waals surface area contributed by atoms with Crippen molar-refractivity contribution in [1.29, 1.82) is 0 Å². The van der Waals surface area contributed by atoms with Gasteiger partial charge in [0.05, 0.1) is 11.9 Å². The van der Waals surface area contributed by atoms with Crippen LogP contribution in [0.15, 0.2) is 60.8 Å². The van der Waals surface area contributed by atoms with E-state index < -0.39 is 0 Å². The molecule has 4 nitrogen and oxygen atoms in total. The Morgan fingerprint density at radius 3 is 2.67 bits per heavy atom. The van der Waals surface area contributed by atoms with Gasteiger partial charge in [-0.3, -0.25) is 4.79 Å². The van der Waals surface area contributed by atoms with Crippen LogP contribution in [-0.4, -0.2) is 15.7 Å². The number of anilines is 1. The third-order valence-corrected chi connectivity index (χ3v) is 7.17. The molecule has 1 fully saturated rings. The van der Waals surface area contributed by atoms with E-state index in [4.69, 9.17) is 0 Å². The highest BCUT2D eigenvalue weighted by Gasteiger charge is 2.50. The van der Waals surface area contributed by atoms with Crippen molar-refractivity contribution in [2.75, 3.05) is 5.32 Å². The fraction of sp³-hybridized carbons (Fsp3) is 0.360. The number of hydrogen-bond acceptors (Lipinski definition) is 2. The smallest absolute Gasteiger partial charge is 0.228 e. The number of hydrogen-bond donors (Lipinski definition) is 1. The van der Waals surface area contributed by atoms with E-state index in [0.717, 1.165) is 43.5 Å². The zero-order chi connectivity index (χ0) is 20.7. The Balaban J connectivity index is 1.43. The van der Waals surface area contributed by atoms with E-state index >= 15 is 0 Å². The van der Waals surface area contributed by atoms with Gasteiger partial charge in [-0.2, -0.15) is 5.10 Å². The van der Waals surface area contributed by atoms with Gasteiger partial charge >= 0.3 is 0 Å². The van der Waals surface area contributed by atoms with E-state index in [1.807, 2.05) is 41.2 Å². The molecule has 0 radical (unpaired) electrons. The molecular weight excluding hydrogens is 377 g/mol. The zero-order valence-electron chi connectivity index (χ0n) is 17.1. The van der Waals surface area contributed by atoms with Crippen LogP contribution in [0.3, 0.4) is 0 Å². The van der Waals surface area contributed by atoms with Crippen molar-refractivity contribution in [1.82, 2.24) is 9.78 Å². The Bertz CT molecular complexity index is 1060. The number of rotatable bonds is 3. The number of para-hydroxylation sites is 1. The van der Waals surface area contributed by atoms with Crippen molar-refractivity contribution in [3.63, 3.8) is 0 Å². The van der Waals surface area contributed by atoms with Gasteiger partial charge in [-0.1, -0.05) is 31.5 Å². The Hall–Kier alpha value is -2.95. The van der Waals surface area contributed by atoms with Gasteiger partial charge in [-0.05, 0) is 79.0 Å². The van der Waals surface area contributed by atoms with Crippen LogP contribution in [0.5, 0.6) is 0 Å². The highest BCUT2D eigenvalue weighted by Crippen LogP contribution is 2.52. The maximum absolute atomic E-state index is 13.3. The van der Waals surface area contributed by atoms with Crippen LogP contribution in [0, 0.1) is 23.1 Å². The van der Waals surface area contributed by atoms with E-state index in [2.05, 4.69) is 17.3 Å². The van der Waals surface area contributed by atoms with Crippen LogP contribution in [-0.2, 0) is 17.6 Å². The third kappa shape index (κ3) is 3.22. The first-order valence-electron chi connectivity index (χ1n) is 10.7. The van der Waals surface area contributed by atoms with Crippen LogP contribution in [0.25, 0.3) is 5.69 Å². The lowest BCUT2D eigenvalue weighted by atomic mass is 9.55. The number of fused-ring (bicyclic) bond motifs is 2. The van der Waals surface area contributed by atoms with Crippen molar-refractivity contribution < 1.29 is 9.18 Å². The average Bonchev–Trinajstić information content (AvgIpc) is 3.14. The average molecular weight is 404 g/mol. The van der Waals surface area contributed by atoms with E-state index in [1.54, 1.807) is 12.1 Å². The van der Waals surface area contributed by atoms with Crippen molar-refractivity contribution >= 4 is 11.6 Å². The Morgan fingerprint density at radius 1 is 1.13 bits per heavy atom. The number of aromatic nitrogens is 2. The molecule has 0 bridgehead atoms. The number of amides is 1. The van der Waals surface area contributed by atoms with Gasteiger partial charge in [-0.25, -0.2) is 9.07 Å². The molecule has 1 amide bonds. The van der Waals surface area contributed by atoms with Crippen molar-refractivity contribution in [3.8, 4) is 5.69 Å². The van der Waals surface area contributed by atoms with Crippen LogP contribution < -0.4 is 5.32 Å². The minimum absolute atomic E-state index is 0.0150. The van der Waals surface area contributed by atoms with Gasteiger partial charge in [0.2, 0.25) is 5.91 Å². The Morgan fingerprint density at radius 2 is 1.90 bits per heavy atom. The molecule has 2 aliphatic rings. The summed E-state index contributed by atoms with van der Waals surface area (Å²) < 4.78 is 15.3. The SMILES string of the molecule is C[C@]12Cc3cnn(-c4ccc(F)cc4)c3CC1CCCC2C(=O)Nc1ccccc1. The zero-order valence-corrected chi connectivity index (χ0v) is 17.1. The van der Waals surface area contributed by atoms with Crippen LogP contribution in [0.1, 0.15) is 37.4 Å². The van der Waals surface area contributed by atoms with Gasteiger partial charge in [0, 0.05) is 17.3 Å². The van der Waals surface area contributed by atoms with Gasteiger partial charge in [0.1, 0.15) is 5.82 Å². The van der Waals surface area contributed by atoms with Crippen molar-refractivity contribution in [2.24, 2.45) is 17.3 Å². The summed E-state index contributed by atoms with van der Waals surface area (Å²) in [6, 6.07) is 16.2. The Labute approximate surface area is 176 Å². The summed E-state index contributed by atoms with van der Waals surface area (Å²) in [6.45, 7) is 2.28. The largest absolute Gasteiger partial charge is 0.326 e. The monoisotopic (exact) mass is 403 g/mol. The molecule has 0 spiro atoms. The molecule has 2 aliphatic carbocycles. The lowest BCUT2D eigenvalue weighted by Gasteiger charge is -2.49. The molecule has 0 aliphatic heterocycles. The van der Waals surface area contributed by atoms with E-state index in [9.17, 15) is 9.18 Å². The fourth-order valence-electron chi connectivity index (χ4n) is 5.52. The quantitative estimate of drug-likeness (QED) is 0.656. The first-order valence-corrected chi connectivity index (χ1v) is 10.7. The number of carbonyl (C=O) groups is 1. The fourth-order valence-corrected chi connectivity index (χ4v) is 5.52. The molecule has 1 N–H and O–H groups in total. The molecule has 1 saturated carbocycles. The molecule has 5 rings (SSSR count). The first-order chi connectivity index (χ1) is 14.5. The van der Waals surface area contributed by atoms with Crippen molar-refractivity contribution in [3.05, 3.63) is 77.9 Å². The molecule has 3 aromatic rings. The number of nitrogens with zero attached hydrogens (tertiary/aromatic N) is 2. The second kappa shape index (κ2) is 7.38. The molecule has 2 unspecified atom stereocenters. The van der Waals surface area contributed by atoms with E-state index in [1.165, 1.54) is 23.4 Å². The van der Waals surface area contributed by atoms with Gasteiger partial charge < -0.3 is 5.32 Å². The minimum Gasteiger partial charge on any atom is -0.326 e. The topological polar surface area (TPSA) is 46.9 Å². The van der Waals surface area contributed by atoms with Crippen molar-refractivity contribution in [2.45, 2.75) is 39.0 Å². The van der Waals surface area contributed by atoms with Gasteiger partial charge in [-0.15, -0.1) is 0 Å². The second-order valence-corrected chi connectivity index (χ2v) is 8.93. The lowest BCUT2D eigenvalue weighted by Crippen LogP contribution is -2.49.